The van der Waals surface area contributed by atoms with E-state index in [2.05, 4.69) is 0 Å². The Balaban J connectivity index is 2.62. The summed E-state index contributed by atoms with van der Waals surface area (Å²) in [4.78, 5) is 10.3. The predicted molar refractivity (Wildman–Crippen MR) is 46.5 cm³/mol. The molecule has 0 bridgehead atoms. The normalized spacial score (nSPS) is 28.3. The summed E-state index contributed by atoms with van der Waals surface area (Å²) in [7, 11) is 0. The van der Waals surface area contributed by atoms with Crippen LogP contribution >= 0.6 is 0 Å². The summed E-state index contributed by atoms with van der Waals surface area (Å²) in [5.41, 5.74) is 6.08. The molecule has 66 valence electrons. The summed E-state index contributed by atoms with van der Waals surface area (Å²) >= 11 is 0. The predicted octanol–water partition coefficient (Wildman–Crippen LogP) is 0.151. The lowest BCUT2D eigenvalue weighted by Gasteiger charge is -2.26. The molecule has 0 heterocycles. The van der Waals surface area contributed by atoms with Gasteiger partial charge in [-0.15, -0.1) is 0 Å². The number of hydrogen-bond acceptors (Lipinski definition) is 3. The molecule has 1 rings (SSSR count). The molecule has 0 saturated heterocycles. The molecule has 0 radical (unpaired) electrons. The minimum atomic E-state index is -0.457. The van der Waals surface area contributed by atoms with Gasteiger partial charge in [-0.3, -0.25) is 4.79 Å². The highest BCUT2D eigenvalue weighted by Gasteiger charge is 2.21. The van der Waals surface area contributed by atoms with Crippen molar-refractivity contribution in [2.45, 2.75) is 18.4 Å². The van der Waals surface area contributed by atoms with Gasteiger partial charge in [-0.2, -0.15) is 0 Å². The summed E-state index contributed by atoms with van der Waals surface area (Å²) in [6.45, 7) is 0.0745. The average Bonchev–Trinajstić information content (AvgIpc) is 2.06. The molecule has 0 aliphatic heterocycles. The fraction of sp³-hybridized carbons (Fsp3) is 0.444. The van der Waals surface area contributed by atoms with E-state index in [0.717, 1.165) is 6.29 Å². The number of carbonyl (C=O) groups excluding carboxylic acids is 1. The fourth-order valence-corrected chi connectivity index (χ4v) is 1.19. The second-order valence-corrected chi connectivity index (χ2v) is 3.07. The van der Waals surface area contributed by atoms with E-state index >= 15 is 0 Å². The average molecular weight is 167 g/mol. The first-order valence-corrected chi connectivity index (χ1v) is 3.94. The van der Waals surface area contributed by atoms with Gasteiger partial charge in [0.15, 0.2) is 0 Å². The topological polar surface area (TPSA) is 63.3 Å². The van der Waals surface area contributed by atoms with Crippen molar-refractivity contribution in [1.82, 2.24) is 0 Å². The number of aliphatic hydroxyl groups is 1. The van der Waals surface area contributed by atoms with Crippen molar-refractivity contribution in [3.05, 3.63) is 23.8 Å². The van der Waals surface area contributed by atoms with Gasteiger partial charge in [0.1, 0.15) is 6.29 Å². The maximum absolute atomic E-state index is 10.3. The van der Waals surface area contributed by atoms with Crippen molar-refractivity contribution in [3.63, 3.8) is 0 Å². The van der Waals surface area contributed by atoms with Crippen LogP contribution in [0.15, 0.2) is 23.8 Å². The minimum absolute atomic E-state index is 0.0745. The second kappa shape index (κ2) is 3.65. The Kier molecular flexibility index (Phi) is 2.78. The molecule has 1 unspecified atom stereocenters. The van der Waals surface area contributed by atoms with Crippen LogP contribution in [0.2, 0.25) is 0 Å². The van der Waals surface area contributed by atoms with Crippen LogP contribution in [0.25, 0.3) is 0 Å². The van der Waals surface area contributed by atoms with Gasteiger partial charge in [-0.05, 0) is 12.8 Å². The minimum Gasteiger partial charge on any atom is -0.396 e. The maximum Gasteiger partial charge on any atom is 0.149 e. The van der Waals surface area contributed by atoms with Crippen LogP contribution in [-0.2, 0) is 4.79 Å². The molecule has 1 atom stereocenters. The Bertz CT molecular complexity index is 233. The van der Waals surface area contributed by atoms with Crippen LogP contribution in [0.3, 0.4) is 0 Å². The van der Waals surface area contributed by atoms with E-state index in [1.807, 2.05) is 0 Å². The van der Waals surface area contributed by atoms with E-state index < -0.39 is 5.54 Å². The number of allylic oxidation sites excluding steroid dienone is 2. The third kappa shape index (κ3) is 2.03. The molecule has 0 spiro atoms. The zero-order valence-corrected chi connectivity index (χ0v) is 6.86. The van der Waals surface area contributed by atoms with E-state index in [1.165, 1.54) is 0 Å². The van der Waals surface area contributed by atoms with Gasteiger partial charge in [0, 0.05) is 17.7 Å². The van der Waals surface area contributed by atoms with Crippen LogP contribution in [0, 0.1) is 0 Å². The van der Waals surface area contributed by atoms with Crippen LogP contribution in [-0.4, -0.2) is 23.5 Å². The van der Waals surface area contributed by atoms with E-state index in [4.69, 9.17) is 10.8 Å². The molecule has 0 fully saturated rings. The summed E-state index contributed by atoms with van der Waals surface area (Å²) in [6.07, 6.45) is 7.24. The van der Waals surface area contributed by atoms with E-state index in [-0.39, 0.29) is 6.61 Å². The number of aliphatic hydroxyl groups excluding tert-OH is 1. The van der Waals surface area contributed by atoms with Gasteiger partial charge in [0.25, 0.3) is 0 Å². The number of hydrogen-bond donors (Lipinski definition) is 2. The van der Waals surface area contributed by atoms with Crippen LogP contribution in [0.5, 0.6) is 0 Å². The standard InChI is InChI=1S/C9H13NO2/c10-9(5-6-11)3-1-8(7-12)2-4-9/h1-3,7,11H,4-6,10H2. The molecule has 1 aliphatic carbocycles. The number of rotatable bonds is 3. The zero-order valence-electron chi connectivity index (χ0n) is 6.86. The molecule has 3 N–H and O–H groups in total. The van der Waals surface area contributed by atoms with Gasteiger partial charge in [0.2, 0.25) is 0 Å². The number of nitrogens with two attached hydrogens (primary N) is 1. The van der Waals surface area contributed by atoms with Crippen LogP contribution in [0.1, 0.15) is 12.8 Å². The van der Waals surface area contributed by atoms with Gasteiger partial charge in [-0.25, -0.2) is 0 Å². The van der Waals surface area contributed by atoms with Crippen molar-refractivity contribution in [3.8, 4) is 0 Å². The highest BCUT2D eigenvalue weighted by molar-refractivity contribution is 5.78. The maximum atomic E-state index is 10.3. The smallest absolute Gasteiger partial charge is 0.149 e. The molecule has 3 nitrogen and oxygen atoms in total. The van der Waals surface area contributed by atoms with Crippen molar-refractivity contribution < 1.29 is 9.90 Å². The summed E-state index contributed by atoms with van der Waals surface area (Å²) in [5, 5.41) is 8.70. The van der Waals surface area contributed by atoms with Crippen LogP contribution < -0.4 is 5.73 Å². The first-order valence-electron chi connectivity index (χ1n) is 3.94. The van der Waals surface area contributed by atoms with Crippen molar-refractivity contribution in [2.75, 3.05) is 6.61 Å². The van der Waals surface area contributed by atoms with E-state index in [0.29, 0.717) is 18.4 Å². The summed E-state index contributed by atoms with van der Waals surface area (Å²) in [6, 6.07) is 0. The molecule has 1 aliphatic rings. The monoisotopic (exact) mass is 167 g/mol. The molecule has 0 amide bonds. The molecule has 0 aromatic rings. The molecular formula is C9H13NO2. The molecule has 0 aromatic heterocycles. The number of aldehydes is 1. The fourth-order valence-electron chi connectivity index (χ4n) is 1.19. The van der Waals surface area contributed by atoms with Gasteiger partial charge >= 0.3 is 0 Å². The lowest BCUT2D eigenvalue weighted by molar-refractivity contribution is -0.104. The molecular weight excluding hydrogens is 154 g/mol. The second-order valence-electron chi connectivity index (χ2n) is 3.07. The highest BCUT2D eigenvalue weighted by atomic mass is 16.3. The first kappa shape index (κ1) is 9.16. The van der Waals surface area contributed by atoms with Gasteiger partial charge < -0.3 is 10.8 Å². The number of carbonyl (C=O) groups is 1. The lowest BCUT2D eigenvalue weighted by atomic mass is 9.87. The van der Waals surface area contributed by atoms with Gasteiger partial charge in [-0.1, -0.05) is 18.2 Å². The SMILES string of the molecule is NC1(CCO)C=CC(C=O)=CC1. The van der Waals surface area contributed by atoms with Crippen molar-refractivity contribution in [2.24, 2.45) is 5.73 Å². The Morgan fingerprint density at radius 3 is 2.92 bits per heavy atom. The lowest BCUT2D eigenvalue weighted by Crippen LogP contribution is -2.39. The third-order valence-electron chi connectivity index (χ3n) is 2.04. The van der Waals surface area contributed by atoms with Gasteiger partial charge in [0.05, 0.1) is 0 Å². The van der Waals surface area contributed by atoms with Crippen molar-refractivity contribution >= 4 is 6.29 Å². The Morgan fingerprint density at radius 1 is 1.75 bits per heavy atom. The molecule has 12 heavy (non-hydrogen) atoms. The molecule has 3 heteroatoms. The summed E-state index contributed by atoms with van der Waals surface area (Å²) < 4.78 is 0. The van der Waals surface area contributed by atoms with Crippen LogP contribution in [0.4, 0.5) is 0 Å². The largest absolute Gasteiger partial charge is 0.396 e. The summed E-state index contributed by atoms with van der Waals surface area (Å²) in [5.74, 6) is 0. The zero-order chi connectivity index (χ0) is 9.03. The Labute approximate surface area is 71.6 Å². The molecule has 0 aromatic carbocycles. The third-order valence-corrected chi connectivity index (χ3v) is 2.04. The highest BCUT2D eigenvalue weighted by Crippen LogP contribution is 2.20. The van der Waals surface area contributed by atoms with Crippen molar-refractivity contribution in [1.29, 1.82) is 0 Å². The quantitative estimate of drug-likeness (QED) is 0.588. The molecule has 0 saturated carbocycles. The Morgan fingerprint density at radius 2 is 2.50 bits per heavy atom. The Hall–Kier alpha value is -0.930. The van der Waals surface area contributed by atoms with E-state index in [9.17, 15) is 4.79 Å². The first-order chi connectivity index (χ1) is 5.70. The van der Waals surface area contributed by atoms with E-state index in [1.54, 1.807) is 18.2 Å².